The molecule has 0 heterocycles. The van der Waals surface area contributed by atoms with Gasteiger partial charge in [-0.2, -0.15) is 0 Å². The van der Waals surface area contributed by atoms with E-state index in [1.54, 1.807) is 0 Å². The minimum absolute atomic E-state index is 0.0963. The van der Waals surface area contributed by atoms with Crippen LogP contribution in [-0.2, 0) is 30.4 Å². The highest BCUT2D eigenvalue weighted by Crippen LogP contribution is 2.72. The predicted octanol–water partition coefficient (Wildman–Crippen LogP) is 7.20. The molecule has 5 heteroatoms. The van der Waals surface area contributed by atoms with Crippen molar-refractivity contribution in [2.45, 2.75) is 92.3 Å². The van der Waals surface area contributed by atoms with Crippen molar-refractivity contribution < 1.29 is 23.8 Å². The van der Waals surface area contributed by atoms with Gasteiger partial charge >= 0.3 is 11.9 Å². The molecule has 5 rings (SSSR count). The molecule has 1 aromatic rings. The lowest BCUT2D eigenvalue weighted by atomic mass is 9.37. The number of hydrogen-bond acceptors (Lipinski definition) is 5. The Labute approximate surface area is 234 Å². The second-order valence-corrected chi connectivity index (χ2v) is 13.8. The molecule has 1 aromatic carbocycles. The highest BCUT2D eigenvalue weighted by molar-refractivity contribution is 6.02. The van der Waals surface area contributed by atoms with Crippen LogP contribution in [0.15, 0.2) is 53.1 Å². The quantitative estimate of drug-likeness (QED) is 0.295. The molecular weight excluding hydrogens is 488 g/mol. The van der Waals surface area contributed by atoms with Gasteiger partial charge in [0.1, 0.15) is 0 Å². The van der Waals surface area contributed by atoms with Crippen molar-refractivity contribution in [3.63, 3.8) is 0 Å². The molecule has 0 unspecified atom stereocenters. The van der Waals surface area contributed by atoms with Gasteiger partial charge in [0.05, 0.1) is 38.1 Å². The Morgan fingerprint density at radius 2 is 1.59 bits per heavy atom. The van der Waals surface area contributed by atoms with Crippen LogP contribution in [0.5, 0.6) is 0 Å². The molecular formula is C34H46O5. The van der Waals surface area contributed by atoms with E-state index < -0.39 is 17.4 Å². The number of fused-ring (bicyclic) bond motifs is 5. The van der Waals surface area contributed by atoms with Gasteiger partial charge in [0.2, 0.25) is 0 Å². The molecule has 0 spiro atoms. The topological polar surface area (TPSA) is 61.8 Å². The minimum atomic E-state index is -0.789. The second-order valence-electron chi connectivity index (χ2n) is 13.8. The Morgan fingerprint density at radius 3 is 2.26 bits per heavy atom. The van der Waals surface area contributed by atoms with Gasteiger partial charge in [-0.25, -0.2) is 9.59 Å². The van der Waals surface area contributed by atoms with Crippen molar-refractivity contribution in [3.05, 3.63) is 58.7 Å². The van der Waals surface area contributed by atoms with E-state index >= 15 is 0 Å². The van der Waals surface area contributed by atoms with Gasteiger partial charge in [-0.1, -0.05) is 76.1 Å². The van der Waals surface area contributed by atoms with Crippen LogP contribution in [0.3, 0.4) is 0 Å². The summed E-state index contributed by atoms with van der Waals surface area (Å²) in [7, 11) is 2.77. The summed E-state index contributed by atoms with van der Waals surface area (Å²) in [5, 5.41) is 0. The Hall–Kier alpha value is -2.40. The third kappa shape index (κ3) is 4.22. The van der Waals surface area contributed by atoms with Crippen LogP contribution in [0.2, 0.25) is 0 Å². The molecule has 212 valence electrons. The van der Waals surface area contributed by atoms with Crippen molar-refractivity contribution in [1.82, 2.24) is 0 Å². The van der Waals surface area contributed by atoms with Gasteiger partial charge in [-0.3, -0.25) is 0 Å². The predicted molar refractivity (Wildman–Crippen MR) is 152 cm³/mol. The first kappa shape index (κ1) is 28.1. The number of carbonyl (C=O) groups is 2. The molecule has 0 bridgehead atoms. The van der Waals surface area contributed by atoms with E-state index in [1.807, 2.05) is 18.2 Å². The first-order valence-electron chi connectivity index (χ1n) is 14.7. The fraction of sp³-hybridized carbons (Fsp3) is 0.647. The standard InChI is InChI=1S/C34H46O5/c1-31(2)17-11-18-32(3)24(31)16-19-33(4)25-15-14-23(29(35)37-6)28(30(36)38-7)34(25,5)27(20-26(32)33)39-21-22-12-9-8-10-13-22/h8-10,12-13,15,24,26-27H,11,14,16-21H2,1-7H3/t24-,26+,27+,32-,33-,34+/m0/s1. The molecule has 0 N–H and O–H groups in total. The van der Waals surface area contributed by atoms with Gasteiger partial charge in [0.15, 0.2) is 0 Å². The minimum Gasteiger partial charge on any atom is -0.466 e. The SMILES string of the molecule is COC(=O)C1=C(C(=O)OC)[C@]2(C)C(=CC1)[C@]1(C)CC[C@H]3C(C)(C)CCC[C@]3(C)[C@H]1C[C@H]2OCc1ccccc1. The van der Waals surface area contributed by atoms with Crippen molar-refractivity contribution in [2.75, 3.05) is 14.2 Å². The van der Waals surface area contributed by atoms with Crippen LogP contribution in [0, 0.1) is 33.5 Å². The van der Waals surface area contributed by atoms with Crippen LogP contribution in [0.4, 0.5) is 0 Å². The maximum Gasteiger partial charge on any atom is 0.335 e. The lowest BCUT2D eigenvalue weighted by Gasteiger charge is -2.68. The molecule has 4 aliphatic carbocycles. The molecule has 0 aliphatic heterocycles. The summed E-state index contributed by atoms with van der Waals surface area (Å²) in [6.45, 7) is 12.5. The number of carbonyl (C=O) groups excluding carboxylic acids is 2. The molecule has 39 heavy (non-hydrogen) atoms. The second kappa shape index (κ2) is 9.90. The molecule has 5 nitrogen and oxygen atoms in total. The van der Waals surface area contributed by atoms with Gasteiger partial charge < -0.3 is 14.2 Å². The Morgan fingerprint density at radius 1 is 0.897 bits per heavy atom. The van der Waals surface area contributed by atoms with E-state index in [4.69, 9.17) is 14.2 Å². The fourth-order valence-electron chi connectivity index (χ4n) is 9.83. The summed E-state index contributed by atoms with van der Waals surface area (Å²) in [5.41, 5.74) is 2.77. The molecule has 4 aliphatic rings. The summed E-state index contributed by atoms with van der Waals surface area (Å²) in [6.07, 6.45) is 9.19. The molecule has 0 amide bonds. The third-order valence-electron chi connectivity index (χ3n) is 11.5. The first-order chi connectivity index (χ1) is 18.4. The smallest absolute Gasteiger partial charge is 0.335 e. The lowest BCUT2D eigenvalue weighted by molar-refractivity contribution is -0.172. The molecule has 0 aromatic heterocycles. The number of methoxy groups -OCH3 is 2. The molecule has 3 fully saturated rings. The summed E-state index contributed by atoms with van der Waals surface area (Å²) < 4.78 is 17.4. The van der Waals surface area contributed by atoms with Crippen molar-refractivity contribution in [3.8, 4) is 0 Å². The maximum absolute atomic E-state index is 13.5. The van der Waals surface area contributed by atoms with E-state index in [-0.39, 0.29) is 16.9 Å². The number of benzene rings is 1. The van der Waals surface area contributed by atoms with Gasteiger partial charge in [-0.15, -0.1) is 0 Å². The number of esters is 2. The van der Waals surface area contributed by atoms with E-state index in [2.05, 4.69) is 52.8 Å². The zero-order valence-electron chi connectivity index (χ0n) is 24.9. The lowest BCUT2D eigenvalue weighted by Crippen LogP contribution is -2.63. The van der Waals surface area contributed by atoms with E-state index in [0.29, 0.717) is 41.4 Å². The monoisotopic (exact) mass is 534 g/mol. The first-order valence-corrected chi connectivity index (χ1v) is 14.7. The average Bonchev–Trinajstić information content (AvgIpc) is 2.90. The van der Waals surface area contributed by atoms with Crippen molar-refractivity contribution in [1.29, 1.82) is 0 Å². The van der Waals surface area contributed by atoms with Crippen LogP contribution in [-0.4, -0.2) is 32.3 Å². The Kier molecular flexibility index (Phi) is 7.15. The summed E-state index contributed by atoms with van der Waals surface area (Å²) in [5.74, 6) is 0.145. The van der Waals surface area contributed by atoms with E-state index in [9.17, 15) is 9.59 Å². The average molecular weight is 535 g/mol. The molecule has 0 saturated heterocycles. The van der Waals surface area contributed by atoms with Crippen LogP contribution in [0.1, 0.15) is 85.1 Å². The molecule has 6 atom stereocenters. The van der Waals surface area contributed by atoms with E-state index in [1.165, 1.54) is 45.5 Å². The van der Waals surface area contributed by atoms with Gasteiger partial charge in [0.25, 0.3) is 0 Å². The summed E-state index contributed by atoms with van der Waals surface area (Å²) >= 11 is 0. The molecule has 0 radical (unpaired) electrons. The van der Waals surface area contributed by atoms with Gasteiger partial charge in [0, 0.05) is 5.41 Å². The number of allylic oxidation sites excluding steroid dienone is 1. The largest absolute Gasteiger partial charge is 0.466 e. The number of ether oxygens (including phenoxy) is 3. The number of rotatable bonds is 5. The highest BCUT2D eigenvalue weighted by Gasteiger charge is 2.66. The summed E-state index contributed by atoms with van der Waals surface area (Å²) in [6, 6.07) is 10.2. The Balaban J connectivity index is 1.66. The van der Waals surface area contributed by atoms with E-state index in [0.717, 1.165) is 18.4 Å². The van der Waals surface area contributed by atoms with Crippen LogP contribution >= 0.6 is 0 Å². The molecule has 3 saturated carbocycles. The Bertz CT molecular complexity index is 1200. The van der Waals surface area contributed by atoms with Crippen molar-refractivity contribution >= 4 is 11.9 Å². The normalized spacial score (nSPS) is 37.1. The zero-order valence-corrected chi connectivity index (χ0v) is 24.9. The summed E-state index contributed by atoms with van der Waals surface area (Å²) in [4.78, 5) is 26.6. The zero-order chi connectivity index (χ0) is 28.2. The van der Waals surface area contributed by atoms with Gasteiger partial charge in [-0.05, 0) is 79.1 Å². The van der Waals surface area contributed by atoms with Crippen LogP contribution in [0.25, 0.3) is 0 Å². The van der Waals surface area contributed by atoms with Crippen molar-refractivity contribution in [2.24, 2.45) is 33.5 Å². The number of hydrogen-bond donors (Lipinski definition) is 0. The third-order valence-corrected chi connectivity index (χ3v) is 11.5. The highest BCUT2D eigenvalue weighted by atomic mass is 16.5. The maximum atomic E-state index is 13.5. The van der Waals surface area contributed by atoms with Crippen LogP contribution < -0.4 is 0 Å². The fourth-order valence-corrected chi connectivity index (χ4v) is 9.83.